The molecule has 0 atom stereocenters. The molecule has 26 heavy (non-hydrogen) atoms. The van der Waals surface area contributed by atoms with Gasteiger partial charge in [-0.2, -0.15) is 4.98 Å². The van der Waals surface area contributed by atoms with Gasteiger partial charge >= 0.3 is 0 Å². The summed E-state index contributed by atoms with van der Waals surface area (Å²) in [5.74, 6) is 0.415. The summed E-state index contributed by atoms with van der Waals surface area (Å²) in [6.45, 7) is 0. The molecule has 0 spiro atoms. The normalized spacial score (nSPS) is 14.6. The molecule has 0 bridgehead atoms. The van der Waals surface area contributed by atoms with Gasteiger partial charge in [0.15, 0.2) is 5.65 Å². The average molecular weight is 351 g/mol. The van der Waals surface area contributed by atoms with Crippen LogP contribution in [0.4, 0.5) is 11.6 Å². The number of nitro groups is 1. The van der Waals surface area contributed by atoms with E-state index in [4.69, 9.17) is 0 Å². The van der Waals surface area contributed by atoms with E-state index in [-0.39, 0.29) is 11.2 Å². The molecule has 0 aliphatic heterocycles. The molecule has 1 aliphatic rings. The fourth-order valence-electron chi connectivity index (χ4n) is 3.42. The number of pyridine rings is 1. The van der Waals surface area contributed by atoms with Crippen LogP contribution in [0, 0.1) is 10.1 Å². The Kier molecular flexibility index (Phi) is 4.08. The minimum absolute atomic E-state index is 0.0311. The molecule has 1 saturated carbocycles. The Bertz CT molecular complexity index is 1040. The lowest BCUT2D eigenvalue weighted by Crippen LogP contribution is -2.20. The molecule has 4 rings (SSSR count). The van der Waals surface area contributed by atoms with Gasteiger partial charge in [-0.05, 0) is 24.5 Å². The summed E-state index contributed by atoms with van der Waals surface area (Å²) in [6, 6.07) is 8.17. The number of aromatic nitrogens is 3. The van der Waals surface area contributed by atoms with E-state index < -0.39 is 4.92 Å². The minimum atomic E-state index is -0.459. The van der Waals surface area contributed by atoms with Crippen molar-refractivity contribution in [1.29, 1.82) is 0 Å². The molecule has 132 valence electrons. The van der Waals surface area contributed by atoms with Gasteiger partial charge in [-0.1, -0.05) is 25.0 Å². The second-order valence-electron chi connectivity index (χ2n) is 6.40. The number of non-ortho nitro benzene ring substituents is 1. The average Bonchev–Trinajstić information content (AvgIpc) is 3.14. The predicted octanol–water partition coefficient (Wildman–Crippen LogP) is 3.25. The number of anilines is 1. The van der Waals surface area contributed by atoms with Crippen LogP contribution in [-0.2, 0) is 0 Å². The number of nitrogens with one attached hydrogen (secondary N) is 2. The second-order valence-corrected chi connectivity index (χ2v) is 6.40. The van der Waals surface area contributed by atoms with E-state index in [9.17, 15) is 14.9 Å². The summed E-state index contributed by atoms with van der Waals surface area (Å²) >= 11 is 0. The zero-order valence-electron chi connectivity index (χ0n) is 13.9. The first kappa shape index (κ1) is 16.2. The van der Waals surface area contributed by atoms with Gasteiger partial charge in [-0.15, -0.1) is 0 Å². The molecule has 0 amide bonds. The van der Waals surface area contributed by atoms with Gasteiger partial charge in [0.25, 0.3) is 11.2 Å². The first-order valence-electron chi connectivity index (χ1n) is 8.52. The van der Waals surface area contributed by atoms with Crippen LogP contribution < -0.4 is 10.9 Å². The Hall–Kier alpha value is -3.29. The molecule has 1 aromatic carbocycles. The molecular formula is C18H17N5O3. The largest absolute Gasteiger partial charge is 0.353 e. The molecular weight excluding hydrogens is 334 g/mol. The monoisotopic (exact) mass is 351 g/mol. The van der Waals surface area contributed by atoms with Crippen molar-refractivity contribution < 1.29 is 4.92 Å². The number of rotatable bonds is 4. The van der Waals surface area contributed by atoms with Gasteiger partial charge in [0.2, 0.25) is 5.95 Å². The van der Waals surface area contributed by atoms with Gasteiger partial charge < -0.3 is 5.32 Å². The summed E-state index contributed by atoms with van der Waals surface area (Å²) in [6.07, 6.45) is 6.02. The van der Waals surface area contributed by atoms with Crippen molar-refractivity contribution in [2.24, 2.45) is 0 Å². The molecule has 0 radical (unpaired) electrons. The maximum Gasteiger partial charge on any atom is 0.270 e. The Labute approximate surface area is 148 Å². The van der Waals surface area contributed by atoms with E-state index in [2.05, 4.69) is 20.3 Å². The number of hydrogen-bond donors (Lipinski definition) is 2. The number of aromatic amines is 1. The predicted molar refractivity (Wildman–Crippen MR) is 98.1 cm³/mol. The highest BCUT2D eigenvalue weighted by atomic mass is 16.6. The lowest BCUT2D eigenvalue weighted by molar-refractivity contribution is -0.384. The van der Waals surface area contributed by atoms with Gasteiger partial charge in [0.05, 0.1) is 10.3 Å². The highest BCUT2D eigenvalue weighted by molar-refractivity contribution is 5.92. The number of H-pyrrole nitrogens is 1. The molecule has 3 aromatic rings. The third-order valence-electron chi connectivity index (χ3n) is 4.67. The topological polar surface area (TPSA) is 114 Å². The molecule has 1 fully saturated rings. The molecule has 2 N–H and O–H groups in total. The van der Waals surface area contributed by atoms with E-state index in [1.54, 1.807) is 24.4 Å². The maximum absolute atomic E-state index is 12.7. The number of nitrogens with zero attached hydrogens (tertiary/aromatic N) is 3. The molecule has 8 nitrogen and oxygen atoms in total. The Morgan fingerprint density at radius 3 is 2.81 bits per heavy atom. The van der Waals surface area contributed by atoms with Crippen molar-refractivity contribution in [2.45, 2.75) is 31.7 Å². The zero-order chi connectivity index (χ0) is 18.1. The van der Waals surface area contributed by atoms with Crippen molar-refractivity contribution >= 4 is 22.7 Å². The van der Waals surface area contributed by atoms with Crippen LogP contribution in [0.15, 0.2) is 41.3 Å². The summed E-state index contributed by atoms with van der Waals surface area (Å²) in [7, 11) is 0. The summed E-state index contributed by atoms with van der Waals surface area (Å²) in [5, 5.41) is 14.6. The number of fused-ring (bicyclic) bond motifs is 1. The van der Waals surface area contributed by atoms with Crippen molar-refractivity contribution in [3.05, 3.63) is 57.0 Å². The van der Waals surface area contributed by atoms with Gasteiger partial charge in [-0.25, -0.2) is 4.98 Å². The fourth-order valence-corrected chi connectivity index (χ4v) is 3.42. The quantitative estimate of drug-likeness (QED) is 0.551. The van der Waals surface area contributed by atoms with E-state index in [1.807, 2.05) is 0 Å². The van der Waals surface area contributed by atoms with Crippen LogP contribution in [0.25, 0.3) is 22.2 Å². The maximum atomic E-state index is 12.7. The molecule has 0 unspecified atom stereocenters. The smallest absolute Gasteiger partial charge is 0.270 e. The molecule has 0 saturated heterocycles. The third kappa shape index (κ3) is 3.01. The highest BCUT2D eigenvalue weighted by Gasteiger charge is 2.18. The van der Waals surface area contributed by atoms with Gasteiger partial charge in [-0.3, -0.25) is 19.9 Å². The first-order chi connectivity index (χ1) is 12.6. The van der Waals surface area contributed by atoms with Crippen molar-refractivity contribution in [2.75, 3.05) is 5.32 Å². The van der Waals surface area contributed by atoms with Crippen molar-refractivity contribution in [3.8, 4) is 11.1 Å². The Morgan fingerprint density at radius 1 is 1.23 bits per heavy atom. The summed E-state index contributed by atoms with van der Waals surface area (Å²) in [4.78, 5) is 34.7. The van der Waals surface area contributed by atoms with Crippen LogP contribution >= 0.6 is 0 Å². The summed E-state index contributed by atoms with van der Waals surface area (Å²) < 4.78 is 0. The van der Waals surface area contributed by atoms with Crippen molar-refractivity contribution in [3.63, 3.8) is 0 Å². The standard InChI is InChI=1S/C18H17N5O3/c24-17-15-14(11-4-3-7-13(10-11)23(25)26)8-9-19-16(15)21-18(22-17)20-12-5-1-2-6-12/h3-4,7-10,12H,1-2,5-6H2,(H2,19,20,21,22,24). The Balaban J connectivity index is 1.80. The van der Waals surface area contributed by atoms with Gasteiger partial charge in [0.1, 0.15) is 0 Å². The second kappa shape index (κ2) is 6.55. The third-order valence-corrected chi connectivity index (χ3v) is 4.67. The minimum Gasteiger partial charge on any atom is -0.353 e. The van der Waals surface area contributed by atoms with E-state index in [1.165, 1.54) is 25.0 Å². The number of benzene rings is 1. The first-order valence-corrected chi connectivity index (χ1v) is 8.52. The molecule has 2 heterocycles. The van der Waals surface area contributed by atoms with E-state index in [0.717, 1.165) is 12.8 Å². The lowest BCUT2D eigenvalue weighted by atomic mass is 10.0. The van der Waals surface area contributed by atoms with Crippen LogP contribution in [0.5, 0.6) is 0 Å². The molecule has 8 heteroatoms. The van der Waals surface area contributed by atoms with Crippen LogP contribution in [0.1, 0.15) is 25.7 Å². The van der Waals surface area contributed by atoms with Crippen LogP contribution in [0.2, 0.25) is 0 Å². The van der Waals surface area contributed by atoms with E-state index in [0.29, 0.717) is 34.2 Å². The zero-order valence-corrected chi connectivity index (χ0v) is 13.9. The SMILES string of the molecule is O=c1[nH]c(NC2CCCC2)nc2nccc(-c3cccc([N+](=O)[O-])c3)c12. The summed E-state index contributed by atoms with van der Waals surface area (Å²) in [5.41, 5.74) is 1.12. The molecule has 2 aromatic heterocycles. The van der Waals surface area contributed by atoms with Crippen molar-refractivity contribution in [1.82, 2.24) is 15.0 Å². The highest BCUT2D eigenvalue weighted by Crippen LogP contribution is 2.28. The number of hydrogen-bond acceptors (Lipinski definition) is 6. The van der Waals surface area contributed by atoms with Crippen LogP contribution in [0.3, 0.4) is 0 Å². The lowest BCUT2D eigenvalue weighted by Gasteiger charge is -2.13. The fraction of sp³-hybridized carbons (Fsp3) is 0.278. The number of nitro benzene ring substituents is 1. The Morgan fingerprint density at radius 2 is 2.04 bits per heavy atom. The van der Waals surface area contributed by atoms with Gasteiger partial charge in [0, 0.05) is 29.9 Å². The van der Waals surface area contributed by atoms with Crippen LogP contribution in [-0.4, -0.2) is 25.9 Å². The van der Waals surface area contributed by atoms with E-state index >= 15 is 0 Å². The molecule has 1 aliphatic carbocycles.